The molecule has 0 bridgehead atoms. The first kappa shape index (κ1) is 31.2. The van der Waals surface area contributed by atoms with Gasteiger partial charge in [0.05, 0.1) is 18.6 Å². The Morgan fingerprint density at radius 1 is 0.925 bits per heavy atom. The van der Waals surface area contributed by atoms with Gasteiger partial charge in [0, 0.05) is 38.4 Å². The van der Waals surface area contributed by atoms with E-state index in [0.717, 1.165) is 55.4 Å². The lowest BCUT2D eigenvalue weighted by atomic mass is 10.00. The third kappa shape index (κ3) is 9.99. The number of halogens is 2. The number of amides is 1. The third-order valence-electron chi connectivity index (χ3n) is 6.76. The third-order valence-corrected chi connectivity index (χ3v) is 6.76. The number of hydrogen-bond donors (Lipinski definition) is 3. The van der Waals surface area contributed by atoms with Crippen LogP contribution in [0.2, 0.25) is 0 Å². The number of aliphatic hydroxyl groups is 1. The highest BCUT2D eigenvalue weighted by Gasteiger charge is 2.23. The fraction of sp³-hybridized carbons (Fsp3) is 0.438. The number of nitrogens with one attached hydrogen (secondary N) is 2. The van der Waals surface area contributed by atoms with Crippen LogP contribution in [0.4, 0.5) is 14.6 Å². The number of benzene rings is 2. The molecule has 0 aliphatic carbocycles. The molecule has 2 atom stereocenters. The molecule has 0 aliphatic rings. The van der Waals surface area contributed by atoms with Gasteiger partial charge in [0.2, 0.25) is 5.91 Å². The van der Waals surface area contributed by atoms with Crippen molar-refractivity contribution in [2.45, 2.75) is 71.6 Å². The zero-order chi connectivity index (χ0) is 28.9. The van der Waals surface area contributed by atoms with Gasteiger partial charge >= 0.3 is 0 Å². The maximum absolute atomic E-state index is 13.9. The Morgan fingerprint density at radius 3 is 2.30 bits per heavy atom. The first-order chi connectivity index (χ1) is 19.3. The summed E-state index contributed by atoms with van der Waals surface area (Å²) in [4.78, 5) is 19.8. The van der Waals surface area contributed by atoms with E-state index in [1.54, 1.807) is 12.3 Å². The van der Waals surface area contributed by atoms with Crippen LogP contribution in [-0.2, 0) is 30.6 Å². The smallest absolute Gasteiger partial charge is 0.224 e. The Labute approximate surface area is 236 Å². The van der Waals surface area contributed by atoms with Gasteiger partial charge in [-0.05, 0) is 72.2 Å². The van der Waals surface area contributed by atoms with Crippen LogP contribution in [-0.4, -0.2) is 47.8 Å². The number of hydrogen-bond acceptors (Lipinski definition) is 5. The largest absolute Gasteiger partial charge is 0.390 e. The molecule has 216 valence electrons. The van der Waals surface area contributed by atoms with Crippen LogP contribution in [0.25, 0.3) is 0 Å². The minimum atomic E-state index is -0.984. The molecule has 0 saturated heterocycles. The number of aryl methyl sites for hydroxylation is 1. The highest BCUT2D eigenvalue weighted by molar-refractivity contribution is 5.79. The summed E-state index contributed by atoms with van der Waals surface area (Å²) in [7, 11) is 0. The van der Waals surface area contributed by atoms with Gasteiger partial charge in [0.25, 0.3) is 0 Å². The molecule has 1 amide bonds. The molecule has 3 N–H and O–H groups in total. The average molecular weight is 553 g/mol. The summed E-state index contributed by atoms with van der Waals surface area (Å²) in [6.07, 6.45) is 3.81. The maximum Gasteiger partial charge on any atom is 0.224 e. The molecule has 0 saturated carbocycles. The molecule has 3 rings (SSSR count). The van der Waals surface area contributed by atoms with Crippen molar-refractivity contribution in [2.75, 3.05) is 24.5 Å². The predicted octanol–water partition coefficient (Wildman–Crippen LogP) is 4.97. The molecule has 3 aromatic rings. The van der Waals surface area contributed by atoms with Crippen LogP contribution in [0.1, 0.15) is 55.9 Å². The lowest BCUT2D eigenvalue weighted by molar-refractivity contribution is -0.122. The molecular formula is C32H42F2N4O2. The van der Waals surface area contributed by atoms with E-state index >= 15 is 0 Å². The number of pyridine rings is 1. The van der Waals surface area contributed by atoms with Gasteiger partial charge < -0.3 is 20.6 Å². The molecule has 2 aromatic carbocycles. The molecule has 0 fully saturated rings. The van der Waals surface area contributed by atoms with Crippen LogP contribution in [0.3, 0.4) is 0 Å². The lowest BCUT2D eigenvalue weighted by Gasteiger charge is -2.25. The van der Waals surface area contributed by atoms with Gasteiger partial charge in [-0.1, -0.05) is 45.0 Å². The zero-order valence-electron chi connectivity index (χ0n) is 23.8. The summed E-state index contributed by atoms with van der Waals surface area (Å²) in [5.74, 6) is -0.850. The number of anilines is 1. The van der Waals surface area contributed by atoms with Crippen LogP contribution in [0.5, 0.6) is 0 Å². The van der Waals surface area contributed by atoms with Gasteiger partial charge in [-0.3, -0.25) is 4.79 Å². The molecular weight excluding hydrogens is 510 g/mol. The van der Waals surface area contributed by atoms with E-state index in [-0.39, 0.29) is 25.3 Å². The van der Waals surface area contributed by atoms with Crippen LogP contribution in [0.15, 0.2) is 60.8 Å². The Morgan fingerprint density at radius 2 is 1.62 bits per heavy atom. The molecule has 0 aliphatic heterocycles. The molecule has 0 spiro atoms. The number of aliphatic hydroxyl groups excluding tert-OH is 1. The van der Waals surface area contributed by atoms with Crippen molar-refractivity contribution >= 4 is 11.7 Å². The lowest BCUT2D eigenvalue weighted by Crippen LogP contribution is -2.49. The minimum absolute atomic E-state index is 0.0803. The van der Waals surface area contributed by atoms with Gasteiger partial charge in [-0.15, -0.1) is 0 Å². The van der Waals surface area contributed by atoms with E-state index in [4.69, 9.17) is 0 Å². The highest BCUT2D eigenvalue weighted by atomic mass is 19.1. The van der Waals surface area contributed by atoms with Gasteiger partial charge in [-0.2, -0.15) is 0 Å². The number of rotatable bonds is 16. The van der Waals surface area contributed by atoms with Crippen LogP contribution < -0.4 is 15.5 Å². The summed E-state index contributed by atoms with van der Waals surface area (Å²) in [5.41, 5.74) is 3.48. The Balaban J connectivity index is 1.69. The van der Waals surface area contributed by atoms with Crippen molar-refractivity contribution in [1.82, 2.24) is 15.6 Å². The molecule has 8 heteroatoms. The summed E-state index contributed by atoms with van der Waals surface area (Å²) < 4.78 is 27.8. The maximum atomic E-state index is 13.9. The zero-order valence-corrected chi connectivity index (χ0v) is 23.8. The Bertz CT molecular complexity index is 1200. The first-order valence-electron chi connectivity index (χ1n) is 14.2. The van der Waals surface area contributed by atoms with Crippen molar-refractivity contribution in [3.8, 4) is 0 Å². The van der Waals surface area contributed by atoms with Gasteiger partial charge in [0.1, 0.15) is 17.5 Å². The van der Waals surface area contributed by atoms with Crippen LogP contribution in [0, 0.1) is 11.6 Å². The van der Waals surface area contributed by atoms with E-state index < -0.39 is 23.8 Å². The number of carbonyl (C=O) groups excluding carboxylic acids is 1. The molecule has 1 heterocycles. The summed E-state index contributed by atoms with van der Waals surface area (Å²) in [5, 5.41) is 17.2. The van der Waals surface area contributed by atoms with Crippen molar-refractivity contribution in [1.29, 1.82) is 0 Å². The molecule has 40 heavy (non-hydrogen) atoms. The summed E-state index contributed by atoms with van der Waals surface area (Å²) in [6.45, 7) is 8.83. The van der Waals surface area contributed by atoms with Crippen molar-refractivity contribution < 1.29 is 18.7 Å². The van der Waals surface area contributed by atoms with Gasteiger partial charge in [-0.25, -0.2) is 13.8 Å². The second-order valence-corrected chi connectivity index (χ2v) is 10.2. The molecule has 0 radical (unpaired) electrons. The van der Waals surface area contributed by atoms with Crippen molar-refractivity contribution in [3.63, 3.8) is 0 Å². The normalized spacial score (nSPS) is 12.7. The van der Waals surface area contributed by atoms with E-state index in [1.165, 1.54) is 17.7 Å². The van der Waals surface area contributed by atoms with E-state index in [0.29, 0.717) is 12.1 Å². The monoisotopic (exact) mass is 552 g/mol. The quantitative estimate of drug-likeness (QED) is 0.234. The summed E-state index contributed by atoms with van der Waals surface area (Å²) >= 11 is 0. The van der Waals surface area contributed by atoms with Crippen LogP contribution >= 0.6 is 0 Å². The second-order valence-electron chi connectivity index (χ2n) is 10.2. The second kappa shape index (κ2) is 16.0. The van der Waals surface area contributed by atoms with Crippen molar-refractivity contribution in [2.24, 2.45) is 0 Å². The minimum Gasteiger partial charge on any atom is -0.390 e. The fourth-order valence-corrected chi connectivity index (χ4v) is 4.80. The van der Waals surface area contributed by atoms with E-state index in [1.807, 2.05) is 18.2 Å². The Kier molecular flexibility index (Phi) is 12.5. The number of carbonyl (C=O) groups is 1. The highest BCUT2D eigenvalue weighted by Crippen LogP contribution is 2.16. The summed E-state index contributed by atoms with van der Waals surface area (Å²) in [6, 6.07) is 14.4. The standard InChI is InChI=1S/C32H42F2N4O2/c1-4-12-38(13-5-2)31-18-24(10-11-36-31)19-32(40)37-29(17-26-15-27(33)20-28(34)16-26)30(39)22-35-21-25-9-7-8-23(6-3)14-25/h7-11,14-16,18,20,29-30,35,39H,4-6,12-13,17,19,21-22H2,1-3H3,(H,37,40)/t29-,30+/m0/s1. The Hall–Kier alpha value is -3.36. The first-order valence-corrected chi connectivity index (χ1v) is 14.2. The molecule has 6 nitrogen and oxygen atoms in total. The fourth-order valence-electron chi connectivity index (χ4n) is 4.80. The van der Waals surface area contributed by atoms with Crippen molar-refractivity contribution in [3.05, 3.63) is 94.7 Å². The SMILES string of the molecule is CCCN(CCC)c1cc(CC(=O)N[C@@H](Cc2cc(F)cc(F)c2)[C@H](O)CNCc2cccc(CC)c2)ccn1. The van der Waals surface area contributed by atoms with E-state index in [2.05, 4.69) is 53.4 Å². The number of aromatic nitrogens is 1. The number of nitrogens with zero attached hydrogens (tertiary/aromatic N) is 2. The van der Waals surface area contributed by atoms with Gasteiger partial charge in [0.15, 0.2) is 0 Å². The predicted molar refractivity (Wildman–Crippen MR) is 156 cm³/mol. The molecule has 1 aromatic heterocycles. The van der Waals surface area contributed by atoms with E-state index in [9.17, 15) is 18.7 Å². The topological polar surface area (TPSA) is 77.5 Å². The molecule has 0 unspecified atom stereocenters. The average Bonchev–Trinajstić information content (AvgIpc) is 2.92.